The molecule has 0 atom stereocenters. The SMILES string of the molecule is COCc1c(CCl)nnn1Cc1ccc(F)cc1. The first-order chi connectivity index (χ1) is 8.74. The molecule has 0 radical (unpaired) electrons. The van der Waals surface area contributed by atoms with Crippen molar-refractivity contribution in [3.63, 3.8) is 0 Å². The highest BCUT2D eigenvalue weighted by Gasteiger charge is 2.12. The van der Waals surface area contributed by atoms with E-state index in [1.54, 1.807) is 23.9 Å². The minimum absolute atomic E-state index is 0.254. The summed E-state index contributed by atoms with van der Waals surface area (Å²) in [6.45, 7) is 0.916. The van der Waals surface area contributed by atoms with Crippen LogP contribution in [-0.2, 0) is 23.8 Å². The van der Waals surface area contributed by atoms with Crippen LogP contribution in [-0.4, -0.2) is 22.1 Å². The zero-order chi connectivity index (χ0) is 13.0. The van der Waals surface area contributed by atoms with Crippen LogP contribution in [0.4, 0.5) is 4.39 Å². The molecule has 0 N–H and O–H groups in total. The molecule has 2 aromatic rings. The summed E-state index contributed by atoms with van der Waals surface area (Å²) in [5, 5.41) is 8.03. The third-order valence-corrected chi connectivity index (χ3v) is 2.82. The molecule has 6 heteroatoms. The second kappa shape index (κ2) is 5.93. The zero-order valence-corrected chi connectivity index (χ0v) is 10.7. The molecule has 0 amide bonds. The number of hydrogen-bond donors (Lipinski definition) is 0. The molecular formula is C12H13ClFN3O. The van der Waals surface area contributed by atoms with E-state index in [9.17, 15) is 4.39 Å². The van der Waals surface area contributed by atoms with Gasteiger partial charge in [0.05, 0.1) is 24.7 Å². The molecule has 1 heterocycles. The lowest BCUT2D eigenvalue weighted by Gasteiger charge is -2.06. The quantitative estimate of drug-likeness (QED) is 0.783. The predicted octanol–water partition coefficient (Wildman–Crippen LogP) is 2.35. The van der Waals surface area contributed by atoms with Crippen LogP contribution in [0, 0.1) is 5.82 Å². The van der Waals surface area contributed by atoms with E-state index < -0.39 is 0 Å². The zero-order valence-electron chi connectivity index (χ0n) is 9.94. The normalized spacial score (nSPS) is 10.8. The highest BCUT2D eigenvalue weighted by Crippen LogP contribution is 2.12. The molecule has 0 saturated heterocycles. The number of nitrogens with zero attached hydrogens (tertiary/aromatic N) is 3. The number of halogens is 2. The minimum atomic E-state index is -0.254. The van der Waals surface area contributed by atoms with Crippen LogP contribution in [0.1, 0.15) is 17.0 Å². The minimum Gasteiger partial charge on any atom is -0.378 e. The monoisotopic (exact) mass is 269 g/mol. The fourth-order valence-electron chi connectivity index (χ4n) is 1.66. The van der Waals surface area contributed by atoms with Crippen molar-refractivity contribution in [2.75, 3.05) is 7.11 Å². The van der Waals surface area contributed by atoms with Gasteiger partial charge >= 0.3 is 0 Å². The van der Waals surface area contributed by atoms with Crippen LogP contribution >= 0.6 is 11.6 Å². The van der Waals surface area contributed by atoms with Gasteiger partial charge in [-0.3, -0.25) is 0 Å². The van der Waals surface area contributed by atoms with Gasteiger partial charge in [0.2, 0.25) is 0 Å². The second-order valence-corrected chi connectivity index (χ2v) is 4.10. The number of benzene rings is 1. The molecular weight excluding hydrogens is 257 g/mol. The standard InChI is InChI=1S/C12H13ClFN3O/c1-18-8-12-11(6-13)15-16-17(12)7-9-2-4-10(14)5-3-9/h2-5H,6-8H2,1H3. The first kappa shape index (κ1) is 13.0. The number of ether oxygens (including phenoxy) is 1. The number of alkyl halides is 1. The molecule has 18 heavy (non-hydrogen) atoms. The summed E-state index contributed by atoms with van der Waals surface area (Å²) in [6, 6.07) is 6.28. The van der Waals surface area contributed by atoms with E-state index in [2.05, 4.69) is 10.3 Å². The summed E-state index contributed by atoms with van der Waals surface area (Å²) in [6.07, 6.45) is 0. The van der Waals surface area contributed by atoms with Gasteiger partial charge in [0.25, 0.3) is 0 Å². The summed E-state index contributed by atoms with van der Waals surface area (Å²) < 4.78 is 19.6. The Hall–Kier alpha value is -1.46. The maximum absolute atomic E-state index is 12.8. The van der Waals surface area contributed by atoms with Gasteiger partial charge in [-0.1, -0.05) is 17.3 Å². The van der Waals surface area contributed by atoms with Crippen LogP contribution in [0.3, 0.4) is 0 Å². The molecule has 0 aliphatic carbocycles. The summed E-state index contributed by atoms with van der Waals surface area (Å²) in [5.41, 5.74) is 2.50. The molecule has 0 saturated carbocycles. The Bertz CT molecular complexity index is 513. The van der Waals surface area contributed by atoms with Gasteiger partial charge in [-0.25, -0.2) is 9.07 Å². The topological polar surface area (TPSA) is 39.9 Å². The molecule has 0 aliphatic rings. The van der Waals surface area contributed by atoms with Gasteiger partial charge in [0.15, 0.2) is 0 Å². The molecule has 1 aromatic heterocycles. The van der Waals surface area contributed by atoms with Crippen LogP contribution in [0.15, 0.2) is 24.3 Å². The molecule has 4 nitrogen and oxygen atoms in total. The van der Waals surface area contributed by atoms with Gasteiger partial charge in [-0.05, 0) is 17.7 Å². The highest BCUT2D eigenvalue weighted by atomic mass is 35.5. The predicted molar refractivity (Wildman–Crippen MR) is 65.8 cm³/mol. The Labute approximate surface area is 109 Å². The first-order valence-electron chi connectivity index (χ1n) is 5.45. The fourth-order valence-corrected chi connectivity index (χ4v) is 1.86. The molecule has 0 aliphatic heterocycles. The maximum atomic E-state index is 12.8. The average molecular weight is 270 g/mol. The Morgan fingerprint density at radius 1 is 1.33 bits per heavy atom. The molecule has 0 bridgehead atoms. The van der Waals surface area contributed by atoms with Crippen molar-refractivity contribution in [2.24, 2.45) is 0 Å². The molecule has 0 fully saturated rings. The van der Waals surface area contributed by atoms with Crippen LogP contribution < -0.4 is 0 Å². The van der Waals surface area contributed by atoms with Crippen LogP contribution in [0.2, 0.25) is 0 Å². The molecule has 0 spiro atoms. The van der Waals surface area contributed by atoms with Crippen molar-refractivity contribution < 1.29 is 9.13 Å². The van der Waals surface area contributed by atoms with Crippen molar-refractivity contribution in [2.45, 2.75) is 19.0 Å². The Balaban J connectivity index is 2.22. The van der Waals surface area contributed by atoms with Gasteiger partial charge < -0.3 is 4.74 Å². The number of methoxy groups -OCH3 is 1. The summed E-state index contributed by atoms with van der Waals surface area (Å²) in [5.74, 6) is 0.0400. The lowest BCUT2D eigenvalue weighted by Crippen LogP contribution is -2.08. The third kappa shape index (κ3) is 2.86. The van der Waals surface area contributed by atoms with E-state index in [4.69, 9.17) is 16.3 Å². The van der Waals surface area contributed by atoms with Gasteiger partial charge in [0.1, 0.15) is 11.5 Å². The van der Waals surface area contributed by atoms with E-state index in [1.165, 1.54) is 12.1 Å². The summed E-state index contributed by atoms with van der Waals surface area (Å²) in [4.78, 5) is 0. The van der Waals surface area contributed by atoms with Gasteiger partial charge in [0, 0.05) is 7.11 Å². The number of aromatic nitrogens is 3. The average Bonchev–Trinajstić information content (AvgIpc) is 2.75. The highest BCUT2D eigenvalue weighted by molar-refractivity contribution is 6.16. The van der Waals surface area contributed by atoms with Gasteiger partial charge in [-0.2, -0.15) is 0 Å². The summed E-state index contributed by atoms with van der Waals surface area (Å²) >= 11 is 5.78. The van der Waals surface area contributed by atoms with E-state index >= 15 is 0 Å². The van der Waals surface area contributed by atoms with E-state index in [-0.39, 0.29) is 5.82 Å². The lowest BCUT2D eigenvalue weighted by molar-refractivity contribution is 0.176. The van der Waals surface area contributed by atoms with Crippen molar-refractivity contribution in [1.82, 2.24) is 15.0 Å². The molecule has 1 aromatic carbocycles. The Morgan fingerprint density at radius 2 is 2.06 bits per heavy atom. The maximum Gasteiger partial charge on any atom is 0.123 e. The third-order valence-electron chi connectivity index (χ3n) is 2.57. The van der Waals surface area contributed by atoms with E-state index in [0.717, 1.165) is 11.3 Å². The van der Waals surface area contributed by atoms with Crippen molar-refractivity contribution in [3.05, 3.63) is 47.0 Å². The number of rotatable bonds is 5. The van der Waals surface area contributed by atoms with Gasteiger partial charge in [-0.15, -0.1) is 16.7 Å². The second-order valence-electron chi connectivity index (χ2n) is 3.83. The van der Waals surface area contributed by atoms with Crippen LogP contribution in [0.5, 0.6) is 0 Å². The smallest absolute Gasteiger partial charge is 0.123 e. The lowest BCUT2D eigenvalue weighted by atomic mass is 10.2. The van der Waals surface area contributed by atoms with E-state index in [1.807, 2.05) is 0 Å². The summed E-state index contributed by atoms with van der Waals surface area (Å²) in [7, 11) is 1.60. The fraction of sp³-hybridized carbons (Fsp3) is 0.333. The molecule has 0 unspecified atom stereocenters. The van der Waals surface area contributed by atoms with Crippen molar-refractivity contribution >= 4 is 11.6 Å². The Kier molecular flexibility index (Phi) is 4.28. The first-order valence-corrected chi connectivity index (χ1v) is 5.98. The van der Waals surface area contributed by atoms with E-state index in [0.29, 0.717) is 24.7 Å². The van der Waals surface area contributed by atoms with Crippen molar-refractivity contribution in [1.29, 1.82) is 0 Å². The Morgan fingerprint density at radius 3 is 2.67 bits per heavy atom. The van der Waals surface area contributed by atoms with Crippen LogP contribution in [0.25, 0.3) is 0 Å². The largest absolute Gasteiger partial charge is 0.378 e. The van der Waals surface area contributed by atoms with Crippen molar-refractivity contribution in [3.8, 4) is 0 Å². The number of hydrogen-bond acceptors (Lipinski definition) is 3. The molecule has 96 valence electrons. The molecule has 2 rings (SSSR count).